The fourth-order valence-electron chi connectivity index (χ4n) is 4.47. The van der Waals surface area contributed by atoms with Gasteiger partial charge >= 0.3 is 0 Å². The van der Waals surface area contributed by atoms with Crippen LogP contribution in [0, 0.1) is 25.2 Å². The first-order valence-electron chi connectivity index (χ1n) is 11.8. The fourth-order valence-corrected chi connectivity index (χ4v) is 4.78. The van der Waals surface area contributed by atoms with Crippen molar-refractivity contribution in [2.75, 3.05) is 0 Å². The lowest BCUT2D eigenvalue weighted by Crippen LogP contribution is -2.26. The molecule has 190 valence electrons. The third kappa shape index (κ3) is 4.58. The van der Waals surface area contributed by atoms with E-state index in [4.69, 9.17) is 16.3 Å². The smallest absolute Gasteiger partial charge is 0.269 e. The van der Waals surface area contributed by atoms with E-state index in [9.17, 15) is 15.2 Å². The summed E-state index contributed by atoms with van der Waals surface area (Å²) in [5.74, 6) is 0.595. The average Bonchev–Trinajstić information content (AvgIpc) is 3.32. The Hall–Kier alpha value is -4.68. The molecule has 0 amide bonds. The molecular weight excluding hydrogens is 504 g/mol. The Morgan fingerprint density at radius 2 is 1.97 bits per heavy atom. The second-order valence-electron chi connectivity index (χ2n) is 8.94. The van der Waals surface area contributed by atoms with Gasteiger partial charge in [-0.25, -0.2) is 0 Å². The standard InChI is InChI=1S/C28H23ClN6O3/c1-15-9-21(27-25(36)13-31-34-27)20-11-19(6-7-24(20)32-15)38-14-22-23(29)10-16(2)33-26(22)17(3)35-8-4-5-18(12-30)28(35)37/h4-11,13,17,36H,14H2,1-3H3,(H,31,34). The lowest BCUT2D eigenvalue weighted by Gasteiger charge is -2.20. The summed E-state index contributed by atoms with van der Waals surface area (Å²) >= 11 is 6.64. The van der Waals surface area contributed by atoms with Crippen LogP contribution in [-0.4, -0.2) is 29.8 Å². The van der Waals surface area contributed by atoms with Crippen molar-refractivity contribution in [3.63, 3.8) is 0 Å². The highest BCUT2D eigenvalue weighted by molar-refractivity contribution is 6.31. The number of nitrogens with zero attached hydrogens (tertiary/aromatic N) is 5. The molecular formula is C28H23ClN6O3. The highest BCUT2D eigenvalue weighted by atomic mass is 35.5. The highest BCUT2D eigenvalue weighted by Crippen LogP contribution is 2.35. The lowest BCUT2D eigenvalue weighted by molar-refractivity contribution is 0.303. The molecule has 4 heterocycles. The molecule has 0 bridgehead atoms. The second kappa shape index (κ2) is 10.00. The largest absolute Gasteiger partial charge is 0.504 e. The van der Waals surface area contributed by atoms with Crippen LogP contribution < -0.4 is 10.3 Å². The molecule has 1 unspecified atom stereocenters. The summed E-state index contributed by atoms with van der Waals surface area (Å²) in [7, 11) is 0. The molecule has 1 atom stereocenters. The number of hydrogen-bond acceptors (Lipinski definition) is 7. The first-order chi connectivity index (χ1) is 18.3. The van der Waals surface area contributed by atoms with E-state index in [1.807, 2.05) is 51.1 Å². The predicted octanol–water partition coefficient (Wildman–Crippen LogP) is 5.22. The van der Waals surface area contributed by atoms with Crippen molar-refractivity contribution in [2.45, 2.75) is 33.4 Å². The molecule has 0 aliphatic carbocycles. The van der Waals surface area contributed by atoms with Crippen molar-refractivity contribution in [3.05, 3.63) is 98.4 Å². The van der Waals surface area contributed by atoms with E-state index < -0.39 is 11.6 Å². The van der Waals surface area contributed by atoms with Gasteiger partial charge in [-0.15, -0.1) is 0 Å². The number of benzene rings is 1. The molecule has 0 fully saturated rings. The van der Waals surface area contributed by atoms with Gasteiger partial charge in [0.05, 0.1) is 28.5 Å². The number of H-pyrrole nitrogens is 1. The first-order valence-corrected chi connectivity index (χ1v) is 12.2. The Morgan fingerprint density at radius 1 is 1.18 bits per heavy atom. The van der Waals surface area contributed by atoms with Gasteiger partial charge in [-0.2, -0.15) is 10.4 Å². The minimum Gasteiger partial charge on any atom is -0.504 e. The van der Waals surface area contributed by atoms with Gasteiger partial charge in [0.25, 0.3) is 5.56 Å². The van der Waals surface area contributed by atoms with E-state index in [0.29, 0.717) is 33.4 Å². The number of aromatic hydroxyl groups is 1. The summed E-state index contributed by atoms with van der Waals surface area (Å²) in [5, 5.41) is 27.5. The fraction of sp³-hybridized carbons (Fsp3) is 0.179. The minimum absolute atomic E-state index is 0.0371. The van der Waals surface area contributed by atoms with Crippen molar-refractivity contribution < 1.29 is 9.84 Å². The number of fused-ring (bicyclic) bond motifs is 1. The van der Waals surface area contributed by atoms with Crippen LogP contribution in [0.5, 0.6) is 11.5 Å². The molecule has 4 aromatic heterocycles. The van der Waals surface area contributed by atoms with Gasteiger partial charge in [-0.3, -0.25) is 19.9 Å². The molecule has 0 saturated heterocycles. The number of rotatable bonds is 6. The Kier molecular flexibility index (Phi) is 6.57. The van der Waals surface area contributed by atoms with Crippen LogP contribution in [0.25, 0.3) is 22.2 Å². The monoisotopic (exact) mass is 526 g/mol. The van der Waals surface area contributed by atoms with Gasteiger partial charge < -0.3 is 14.4 Å². The van der Waals surface area contributed by atoms with Crippen LogP contribution in [0.15, 0.2) is 59.7 Å². The zero-order chi connectivity index (χ0) is 27.0. The number of ether oxygens (including phenoxy) is 1. The summed E-state index contributed by atoms with van der Waals surface area (Å²) in [6.45, 7) is 5.63. The van der Waals surface area contributed by atoms with Gasteiger partial charge in [0, 0.05) is 34.1 Å². The van der Waals surface area contributed by atoms with Gasteiger partial charge in [0.15, 0.2) is 5.75 Å². The van der Waals surface area contributed by atoms with Crippen molar-refractivity contribution in [1.82, 2.24) is 24.7 Å². The van der Waals surface area contributed by atoms with Crippen LogP contribution in [0.4, 0.5) is 0 Å². The number of aromatic nitrogens is 5. The maximum Gasteiger partial charge on any atom is 0.269 e. The average molecular weight is 527 g/mol. The number of aryl methyl sites for hydroxylation is 2. The van der Waals surface area contributed by atoms with E-state index in [0.717, 1.165) is 22.2 Å². The molecule has 0 saturated carbocycles. The van der Waals surface area contributed by atoms with E-state index >= 15 is 0 Å². The molecule has 0 spiro atoms. The molecule has 5 aromatic rings. The molecule has 38 heavy (non-hydrogen) atoms. The van der Waals surface area contributed by atoms with Crippen LogP contribution in [0.1, 0.15) is 41.2 Å². The van der Waals surface area contributed by atoms with E-state index in [-0.39, 0.29) is 17.9 Å². The molecule has 9 nitrogen and oxygen atoms in total. The highest BCUT2D eigenvalue weighted by Gasteiger charge is 2.20. The molecule has 0 aliphatic heterocycles. The normalized spacial score (nSPS) is 11.9. The van der Waals surface area contributed by atoms with Crippen LogP contribution in [0.2, 0.25) is 5.02 Å². The maximum absolute atomic E-state index is 12.8. The molecule has 1 aromatic carbocycles. The number of nitriles is 1. The number of aromatic amines is 1. The summed E-state index contributed by atoms with van der Waals surface area (Å²) in [5.41, 5.74) is 4.32. The topological polar surface area (TPSA) is 130 Å². The van der Waals surface area contributed by atoms with Gasteiger partial charge in [-0.05, 0) is 63.2 Å². The quantitative estimate of drug-likeness (QED) is 0.310. The molecule has 0 aliphatic rings. The van der Waals surface area contributed by atoms with Crippen molar-refractivity contribution in [1.29, 1.82) is 5.26 Å². The number of pyridine rings is 3. The SMILES string of the molecule is Cc1cc(Cl)c(COc2ccc3nc(C)cc(-c4[nH]ncc4O)c3c2)c(C(C)n2cccc(C#N)c2=O)n1. The van der Waals surface area contributed by atoms with E-state index in [1.54, 1.807) is 18.3 Å². The Balaban J connectivity index is 1.52. The third-order valence-corrected chi connectivity index (χ3v) is 6.66. The molecule has 10 heteroatoms. The Labute approximate surface area is 223 Å². The van der Waals surface area contributed by atoms with Crippen molar-refractivity contribution >= 4 is 22.5 Å². The zero-order valence-electron chi connectivity index (χ0n) is 20.9. The van der Waals surface area contributed by atoms with Gasteiger partial charge in [0.1, 0.15) is 29.7 Å². The lowest BCUT2D eigenvalue weighted by atomic mass is 10.0. The second-order valence-corrected chi connectivity index (χ2v) is 9.35. The number of halogens is 1. The minimum atomic E-state index is -0.495. The number of nitrogens with one attached hydrogen (secondary N) is 1. The Morgan fingerprint density at radius 3 is 2.71 bits per heavy atom. The van der Waals surface area contributed by atoms with Crippen LogP contribution in [0.3, 0.4) is 0 Å². The van der Waals surface area contributed by atoms with E-state index in [2.05, 4.69) is 20.2 Å². The number of hydrogen-bond donors (Lipinski definition) is 2. The van der Waals surface area contributed by atoms with Crippen molar-refractivity contribution in [3.8, 4) is 28.8 Å². The maximum atomic E-state index is 12.8. The molecule has 2 N–H and O–H groups in total. The summed E-state index contributed by atoms with van der Waals surface area (Å²) in [6.07, 6.45) is 2.98. The summed E-state index contributed by atoms with van der Waals surface area (Å²) in [6, 6.07) is 13.7. The van der Waals surface area contributed by atoms with Gasteiger partial charge in [-0.1, -0.05) is 11.6 Å². The van der Waals surface area contributed by atoms with Gasteiger partial charge in [0.2, 0.25) is 0 Å². The first kappa shape index (κ1) is 25.0. The van der Waals surface area contributed by atoms with E-state index in [1.165, 1.54) is 16.8 Å². The molecule has 5 rings (SSSR count). The predicted molar refractivity (Wildman–Crippen MR) is 143 cm³/mol. The third-order valence-electron chi connectivity index (χ3n) is 6.32. The van der Waals surface area contributed by atoms with Crippen LogP contribution in [-0.2, 0) is 6.61 Å². The van der Waals surface area contributed by atoms with Crippen LogP contribution >= 0.6 is 11.6 Å². The van der Waals surface area contributed by atoms with Crippen molar-refractivity contribution in [2.24, 2.45) is 0 Å². The zero-order valence-corrected chi connectivity index (χ0v) is 21.6. The Bertz CT molecular complexity index is 1790. The molecule has 0 radical (unpaired) electrons. The summed E-state index contributed by atoms with van der Waals surface area (Å²) < 4.78 is 7.64. The summed E-state index contributed by atoms with van der Waals surface area (Å²) in [4.78, 5) is 22.1.